The fraction of sp³-hybridized carbons (Fsp3) is 0.571. The Kier molecular flexibility index (Phi) is 5.15. The molecule has 1 aromatic carbocycles. The van der Waals surface area contributed by atoms with E-state index < -0.39 is 29.2 Å². The second-order valence-corrected chi connectivity index (χ2v) is 4.81. The lowest BCUT2D eigenvalue weighted by Gasteiger charge is -2.35. The number of alkyl halides is 3. The number of hydrogen-bond donors (Lipinski definition) is 1. The van der Waals surface area contributed by atoms with E-state index in [1.807, 2.05) is 6.92 Å². The monoisotopic (exact) mass is 293 g/mol. The molecule has 2 atom stereocenters. The average Bonchev–Trinajstić information content (AvgIpc) is 2.37. The Bertz CT molecular complexity index is 461. The van der Waals surface area contributed by atoms with Crippen LogP contribution in [0.3, 0.4) is 0 Å². The van der Waals surface area contributed by atoms with Crippen molar-refractivity contribution >= 4 is 0 Å². The fourth-order valence-corrected chi connectivity index (χ4v) is 2.05. The smallest absolute Gasteiger partial charge is 0.374 e. The van der Waals surface area contributed by atoms with Crippen molar-refractivity contribution in [3.8, 4) is 0 Å². The molecule has 6 heteroatoms. The zero-order valence-corrected chi connectivity index (χ0v) is 11.7. The zero-order chi connectivity index (χ0) is 15.6. The van der Waals surface area contributed by atoms with Crippen molar-refractivity contribution < 1.29 is 22.3 Å². The molecule has 0 fully saturated rings. The van der Waals surface area contributed by atoms with Gasteiger partial charge in [0.15, 0.2) is 0 Å². The highest BCUT2D eigenvalue weighted by Crippen LogP contribution is 2.36. The predicted molar refractivity (Wildman–Crippen MR) is 68.7 cm³/mol. The second kappa shape index (κ2) is 6.10. The van der Waals surface area contributed by atoms with Crippen LogP contribution >= 0.6 is 0 Å². The first-order valence-corrected chi connectivity index (χ1v) is 6.42. The largest absolute Gasteiger partial charge is 0.419 e. The third-order valence-corrected chi connectivity index (χ3v) is 3.49. The van der Waals surface area contributed by atoms with Crippen molar-refractivity contribution in [1.82, 2.24) is 0 Å². The van der Waals surface area contributed by atoms with Crippen LogP contribution < -0.4 is 5.73 Å². The Morgan fingerprint density at radius 3 is 2.30 bits per heavy atom. The van der Waals surface area contributed by atoms with E-state index >= 15 is 0 Å². The van der Waals surface area contributed by atoms with E-state index in [2.05, 4.69) is 0 Å². The molecule has 0 spiro atoms. The van der Waals surface area contributed by atoms with Gasteiger partial charge in [0.2, 0.25) is 0 Å². The van der Waals surface area contributed by atoms with Gasteiger partial charge in [0.25, 0.3) is 0 Å². The molecule has 1 aromatic rings. The summed E-state index contributed by atoms with van der Waals surface area (Å²) < 4.78 is 56.9. The molecule has 114 valence electrons. The molecule has 0 radical (unpaired) electrons. The van der Waals surface area contributed by atoms with Gasteiger partial charge < -0.3 is 10.5 Å². The van der Waals surface area contributed by atoms with Crippen LogP contribution in [0.15, 0.2) is 18.2 Å². The molecule has 1 rings (SSSR count). The molecule has 0 aliphatic rings. The highest BCUT2D eigenvalue weighted by atomic mass is 19.4. The summed E-state index contributed by atoms with van der Waals surface area (Å²) in [5.41, 5.74) is 4.12. The molecule has 20 heavy (non-hydrogen) atoms. The number of hydrogen-bond acceptors (Lipinski definition) is 2. The van der Waals surface area contributed by atoms with Gasteiger partial charge in [-0.05, 0) is 38.0 Å². The summed E-state index contributed by atoms with van der Waals surface area (Å²) in [4.78, 5) is 0. The lowest BCUT2D eigenvalue weighted by atomic mass is 9.87. The molecule has 0 aliphatic heterocycles. The van der Waals surface area contributed by atoms with Gasteiger partial charge in [-0.1, -0.05) is 13.0 Å². The van der Waals surface area contributed by atoms with Crippen LogP contribution in [-0.2, 0) is 10.9 Å². The van der Waals surface area contributed by atoms with Crippen LogP contribution in [0.25, 0.3) is 0 Å². The van der Waals surface area contributed by atoms with Gasteiger partial charge in [0.05, 0.1) is 17.2 Å². The summed E-state index contributed by atoms with van der Waals surface area (Å²) in [6.07, 6.45) is -4.21. The first kappa shape index (κ1) is 16.9. The van der Waals surface area contributed by atoms with E-state index in [1.54, 1.807) is 13.8 Å². The first-order chi connectivity index (χ1) is 9.15. The Balaban J connectivity index is 3.20. The minimum atomic E-state index is -4.74. The van der Waals surface area contributed by atoms with E-state index in [0.29, 0.717) is 13.0 Å². The van der Waals surface area contributed by atoms with Crippen LogP contribution in [0.4, 0.5) is 17.6 Å². The lowest BCUT2D eigenvalue weighted by molar-refractivity contribution is -0.140. The molecule has 2 N–H and O–H groups in total. The normalized spacial score (nSPS) is 16.8. The molecule has 0 aromatic heterocycles. The van der Waals surface area contributed by atoms with Crippen molar-refractivity contribution in [1.29, 1.82) is 0 Å². The van der Waals surface area contributed by atoms with Crippen molar-refractivity contribution in [2.24, 2.45) is 5.73 Å². The molecule has 2 nitrogen and oxygen atoms in total. The summed E-state index contributed by atoms with van der Waals surface area (Å²) in [6, 6.07) is 2.05. The minimum absolute atomic E-state index is 0.205. The van der Waals surface area contributed by atoms with E-state index in [0.717, 1.165) is 12.1 Å². The highest BCUT2D eigenvalue weighted by Gasteiger charge is 2.37. The molecule has 0 aliphatic carbocycles. The predicted octanol–water partition coefficient (Wildman–Crippen LogP) is 4.05. The summed E-state index contributed by atoms with van der Waals surface area (Å²) in [6.45, 7) is 5.75. The SMILES string of the molecule is CCOC(C)(CC)C(N)c1ccc(F)c(C(F)(F)F)c1. The van der Waals surface area contributed by atoms with Crippen molar-refractivity contribution in [2.75, 3.05) is 6.61 Å². The van der Waals surface area contributed by atoms with E-state index in [-0.39, 0.29) is 5.56 Å². The number of ether oxygens (including phenoxy) is 1. The van der Waals surface area contributed by atoms with Gasteiger partial charge in [0.1, 0.15) is 5.82 Å². The fourth-order valence-electron chi connectivity index (χ4n) is 2.05. The maximum atomic E-state index is 13.3. The third-order valence-electron chi connectivity index (χ3n) is 3.49. The van der Waals surface area contributed by atoms with Gasteiger partial charge in [0, 0.05) is 6.61 Å². The second-order valence-electron chi connectivity index (χ2n) is 4.81. The molecule has 0 bridgehead atoms. The number of halogens is 4. The van der Waals surface area contributed by atoms with Crippen molar-refractivity contribution in [3.63, 3.8) is 0 Å². The molecule has 0 saturated carbocycles. The molecular weight excluding hydrogens is 274 g/mol. The molecular formula is C14H19F4NO. The average molecular weight is 293 g/mol. The topological polar surface area (TPSA) is 35.2 Å². The van der Waals surface area contributed by atoms with Gasteiger partial charge in [-0.25, -0.2) is 4.39 Å². The van der Waals surface area contributed by atoms with Gasteiger partial charge in [-0.15, -0.1) is 0 Å². The van der Waals surface area contributed by atoms with Crippen LogP contribution in [-0.4, -0.2) is 12.2 Å². The molecule has 0 saturated heterocycles. The Morgan fingerprint density at radius 1 is 1.25 bits per heavy atom. The van der Waals surface area contributed by atoms with Crippen LogP contribution in [0.2, 0.25) is 0 Å². The van der Waals surface area contributed by atoms with Gasteiger partial charge in [-0.2, -0.15) is 13.2 Å². The highest BCUT2D eigenvalue weighted by molar-refractivity contribution is 5.30. The van der Waals surface area contributed by atoms with Crippen molar-refractivity contribution in [2.45, 2.75) is 45.0 Å². The van der Waals surface area contributed by atoms with E-state index in [1.165, 1.54) is 6.07 Å². The summed E-state index contributed by atoms with van der Waals surface area (Å²) in [5, 5.41) is 0. The van der Waals surface area contributed by atoms with E-state index in [9.17, 15) is 17.6 Å². The molecule has 0 amide bonds. The summed E-state index contributed by atoms with van der Waals surface area (Å²) in [5.74, 6) is -1.30. The van der Waals surface area contributed by atoms with Crippen LogP contribution in [0, 0.1) is 5.82 Å². The van der Waals surface area contributed by atoms with E-state index in [4.69, 9.17) is 10.5 Å². The van der Waals surface area contributed by atoms with Crippen molar-refractivity contribution in [3.05, 3.63) is 35.1 Å². The minimum Gasteiger partial charge on any atom is -0.374 e. The van der Waals surface area contributed by atoms with Gasteiger partial charge in [-0.3, -0.25) is 0 Å². The quantitative estimate of drug-likeness (QED) is 0.831. The third kappa shape index (κ3) is 3.49. The Morgan fingerprint density at radius 2 is 1.85 bits per heavy atom. The number of rotatable bonds is 5. The molecule has 2 unspecified atom stereocenters. The number of benzene rings is 1. The summed E-state index contributed by atoms with van der Waals surface area (Å²) in [7, 11) is 0. The Hall–Kier alpha value is -1.14. The zero-order valence-electron chi connectivity index (χ0n) is 11.7. The molecule has 0 heterocycles. The van der Waals surface area contributed by atoms with Crippen LogP contribution in [0.1, 0.15) is 44.4 Å². The Labute approximate surface area is 115 Å². The summed E-state index contributed by atoms with van der Waals surface area (Å²) >= 11 is 0. The lowest BCUT2D eigenvalue weighted by Crippen LogP contribution is -2.40. The number of nitrogens with two attached hydrogens (primary N) is 1. The standard InChI is InChI=1S/C14H19F4NO/c1-4-13(3,20-5-2)12(19)9-6-7-11(15)10(8-9)14(16,17)18/h6-8,12H,4-5,19H2,1-3H3. The van der Waals surface area contributed by atoms with Crippen LogP contribution in [0.5, 0.6) is 0 Å². The van der Waals surface area contributed by atoms with Gasteiger partial charge >= 0.3 is 6.18 Å². The maximum absolute atomic E-state index is 13.3. The maximum Gasteiger partial charge on any atom is 0.419 e. The first-order valence-electron chi connectivity index (χ1n) is 6.42.